The summed E-state index contributed by atoms with van der Waals surface area (Å²) in [5, 5.41) is 18.3. The van der Waals surface area contributed by atoms with Crippen molar-refractivity contribution in [3.05, 3.63) is 88.7 Å². The number of carbonyl (C=O) groups is 1. The van der Waals surface area contributed by atoms with Crippen molar-refractivity contribution in [3.63, 3.8) is 0 Å². The van der Waals surface area contributed by atoms with Crippen LogP contribution in [-0.2, 0) is 24.4 Å². The Hall–Kier alpha value is -4.53. The highest BCUT2D eigenvalue weighted by molar-refractivity contribution is 5.92. The predicted molar refractivity (Wildman–Crippen MR) is 147 cm³/mol. The lowest BCUT2D eigenvalue weighted by molar-refractivity contribution is -0.0591. The Bertz CT molecular complexity index is 1680. The lowest BCUT2D eigenvalue weighted by atomic mass is 10.1. The van der Waals surface area contributed by atoms with E-state index in [2.05, 4.69) is 9.88 Å². The van der Waals surface area contributed by atoms with Crippen LogP contribution in [0.1, 0.15) is 40.2 Å². The summed E-state index contributed by atoms with van der Waals surface area (Å²) >= 11 is 0. The van der Waals surface area contributed by atoms with E-state index in [-0.39, 0.29) is 41.2 Å². The molecule has 3 aromatic carbocycles. The molecule has 0 bridgehead atoms. The monoisotopic (exact) mass is 574 g/mol. The fourth-order valence-electron chi connectivity index (χ4n) is 5.30. The maximum atomic E-state index is 14.8. The van der Waals surface area contributed by atoms with E-state index in [4.69, 9.17) is 19.5 Å². The molecule has 2 saturated heterocycles. The SMILES string of the molecule is N#Cc1ccc(OCc2cccc(O[C@H]3CCN(Cc4nc5c(F)cc(C(=O)O)cc5n4C[C@@H]4CCO4)C3)c2)c(F)c1. The number of aromatic carboxylic acids is 1. The van der Waals surface area contributed by atoms with Crippen LogP contribution in [0.4, 0.5) is 8.78 Å². The minimum absolute atomic E-state index is 0.0167. The first-order chi connectivity index (χ1) is 20.4. The molecule has 42 heavy (non-hydrogen) atoms. The van der Waals surface area contributed by atoms with Gasteiger partial charge in [-0.25, -0.2) is 18.6 Å². The van der Waals surface area contributed by atoms with Crippen molar-refractivity contribution in [2.75, 3.05) is 19.7 Å². The number of carboxylic acid groups (broad SMARTS) is 1. The van der Waals surface area contributed by atoms with Crippen molar-refractivity contribution in [1.29, 1.82) is 5.26 Å². The molecule has 4 aromatic rings. The zero-order valence-electron chi connectivity index (χ0n) is 22.6. The number of nitrogens with zero attached hydrogens (tertiary/aromatic N) is 4. The molecule has 0 spiro atoms. The first kappa shape index (κ1) is 27.6. The molecule has 6 rings (SSSR count). The molecular weight excluding hydrogens is 546 g/mol. The Morgan fingerprint density at radius 3 is 2.74 bits per heavy atom. The molecule has 3 heterocycles. The number of rotatable bonds is 10. The summed E-state index contributed by atoms with van der Waals surface area (Å²) in [5.74, 6) is -1.06. The minimum Gasteiger partial charge on any atom is -0.489 e. The Labute approximate surface area is 240 Å². The summed E-state index contributed by atoms with van der Waals surface area (Å²) in [7, 11) is 0. The van der Waals surface area contributed by atoms with Crippen LogP contribution >= 0.6 is 0 Å². The summed E-state index contributed by atoms with van der Waals surface area (Å²) in [6.45, 7) is 3.11. The number of imidazole rings is 1. The second-order valence-electron chi connectivity index (χ2n) is 10.5. The average molecular weight is 575 g/mol. The van der Waals surface area contributed by atoms with Gasteiger partial charge in [-0.2, -0.15) is 5.26 Å². The number of aromatic nitrogens is 2. The Morgan fingerprint density at radius 2 is 2.00 bits per heavy atom. The number of carboxylic acids is 1. The van der Waals surface area contributed by atoms with Gasteiger partial charge in [-0.05, 0) is 60.9 Å². The highest BCUT2D eigenvalue weighted by Gasteiger charge is 2.28. The largest absolute Gasteiger partial charge is 0.489 e. The van der Waals surface area contributed by atoms with E-state index in [9.17, 15) is 18.7 Å². The third-order valence-corrected chi connectivity index (χ3v) is 7.56. The van der Waals surface area contributed by atoms with E-state index in [0.717, 1.165) is 37.1 Å². The first-order valence-corrected chi connectivity index (χ1v) is 13.7. The third kappa shape index (κ3) is 5.91. The Kier molecular flexibility index (Phi) is 7.73. The number of nitriles is 1. The smallest absolute Gasteiger partial charge is 0.335 e. The van der Waals surface area contributed by atoms with Gasteiger partial charge in [0.2, 0.25) is 0 Å². The lowest BCUT2D eigenvalue weighted by Crippen LogP contribution is -2.33. The summed E-state index contributed by atoms with van der Waals surface area (Å²) < 4.78 is 48.3. The van der Waals surface area contributed by atoms with Crippen molar-refractivity contribution in [3.8, 4) is 17.6 Å². The van der Waals surface area contributed by atoms with E-state index < -0.39 is 17.6 Å². The van der Waals surface area contributed by atoms with Gasteiger partial charge >= 0.3 is 5.97 Å². The molecule has 2 atom stereocenters. The van der Waals surface area contributed by atoms with Crippen LogP contribution in [0.15, 0.2) is 54.6 Å². The van der Waals surface area contributed by atoms with Gasteiger partial charge in [-0.15, -0.1) is 0 Å². The summed E-state index contributed by atoms with van der Waals surface area (Å²) in [5.41, 5.74) is 1.52. The van der Waals surface area contributed by atoms with Crippen LogP contribution < -0.4 is 9.47 Å². The van der Waals surface area contributed by atoms with E-state index in [1.54, 1.807) is 0 Å². The molecule has 2 aliphatic rings. The van der Waals surface area contributed by atoms with Gasteiger partial charge in [0.15, 0.2) is 17.4 Å². The van der Waals surface area contributed by atoms with Gasteiger partial charge in [0.1, 0.15) is 29.8 Å². The van der Waals surface area contributed by atoms with E-state index in [1.165, 1.54) is 18.2 Å². The maximum absolute atomic E-state index is 14.8. The van der Waals surface area contributed by atoms with Crippen LogP contribution in [0.3, 0.4) is 0 Å². The highest BCUT2D eigenvalue weighted by Crippen LogP contribution is 2.27. The third-order valence-electron chi connectivity index (χ3n) is 7.56. The quantitative estimate of drug-likeness (QED) is 0.285. The zero-order chi connectivity index (χ0) is 29.2. The summed E-state index contributed by atoms with van der Waals surface area (Å²) in [4.78, 5) is 18.3. The number of likely N-dealkylation sites (tertiary alicyclic amines) is 1. The van der Waals surface area contributed by atoms with Crippen LogP contribution in [-0.4, -0.2) is 57.4 Å². The second kappa shape index (κ2) is 11.8. The van der Waals surface area contributed by atoms with Gasteiger partial charge < -0.3 is 23.9 Å². The van der Waals surface area contributed by atoms with Crippen molar-refractivity contribution in [1.82, 2.24) is 14.5 Å². The summed E-state index contributed by atoms with van der Waals surface area (Å²) in [6.07, 6.45) is 1.56. The number of ether oxygens (including phenoxy) is 3. The molecule has 216 valence electrons. The Balaban J connectivity index is 1.11. The fraction of sp³-hybridized carbons (Fsp3) is 0.323. The average Bonchev–Trinajstić information content (AvgIpc) is 3.54. The minimum atomic E-state index is -1.19. The van der Waals surface area contributed by atoms with Gasteiger partial charge in [0.05, 0.1) is 41.9 Å². The van der Waals surface area contributed by atoms with Crippen LogP contribution in [0, 0.1) is 23.0 Å². The number of hydrogen-bond acceptors (Lipinski definition) is 7. The van der Waals surface area contributed by atoms with Crippen LogP contribution in [0.2, 0.25) is 0 Å². The molecule has 0 aliphatic carbocycles. The molecule has 11 heteroatoms. The summed E-state index contributed by atoms with van der Waals surface area (Å²) in [6, 6.07) is 15.9. The van der Waals surface area contributed by atoms with Crippen LogP contribution in [0.5, 0.6) is 11.5 Å². The molecule has 2 aliphatic heterocycles. The maximum Gasteiger partial charge on any atom is 0.335 e. The van der Waals surface area contributed by atoms with Gasteiger partial charge in [0.25, 0.3) is 0 Å². The zero-order valence-corrected chi connectivity index (χ0v) is 22.6. The van der Waals surface area contributed by atoms with Crippen molar-refractivity contribution >= 4 is 17.0 Å². The fourth-order valence-corrected chi connectivity index (χ4v) is 5.30. The molecule has 1 aromatic heterocycles. The standard InChI is InChI=1S/C31H28F2N4O5/c32-25-11-19(14-34)4-5-28(25)41-18-20-2-1-3-22(10-20)42-24-6-8-36(15-24)17-29-35-30-26(33)12-21(31(38)39)13-27(30)37(29)16-23-7-9-40-23/h1-5,10-13,23-24H,6-9,15-18H2,(H,38,39)/t23-,24-/m0/s1. The highest BCUT2D eigenvalue weighted by atomic mass is 19.1. The number of fused-ring (bicyclic) bond motifs is 1. The molecule has 9 nitrogen and oxygen atoms in total. The van der Waals surface area contributed by atoms with E-state index in [0.29, 0.717) is 43.3 Å². The molecular formula is C31H28F2N4O5. The molecule has 2 fully saturated rings. The number of benzene rings is 3. The molecule has 0 saturated carbocycles. The number of hydrogen-bond donors (Lipinski definition) is 1. The molecule has 0 amide bonds. The normalized spacial score (nSPS) is 18.5. The molecule has 0 radical (unpaired) electrons. The van der Waals surface area contributed by atoms with Gasteiger partial charge in [-0.1, -0.05) is 12.1 Å². The second-order valence-corrected chi connectivity index (χ2v) is 10.5. The molecule has 1 N–H and O–H groups in total. The topological polar surface area (TPSA) is 110 Å². The first-order valence-electron chi connectivity index (χ1n) is 13.7. The van der Waals surface area contributed by atoms with Crippen molar-refractivity contribution in [2.24, 2.45) is 0 Å². The molecule has 0 unspecified atom stereocenters. The van der Waals surface area contributed by atoms with Crippen molar-refractivity contribution < 1.29 is 32.9 Å². The van der Waals surface area contributed by atoms with Gasteiger partial charge in [-0.3, -0.25) is 4.90 Å². The van der Waals surface area contributed by atoms with E-state index in [1.807, 2.05) is 34.9 Å². The van der Waals surface area contributed by atoms with E-state index >= 15 is 0 Å². The number of halogens is 2. The van der Waals surface area contributed by atoms with Gasteiger partial charge in [0, 0.05) is 19.7 Å². The Morgan fingerprint density at radius 1 is 1.14 bits per heavy atom. The lowest BCUT2D eigenvalue weighted by Gasteiger charge is -2.28. The predicted octanol–water partition coefficient (Wildman–Crippen LogP) is 4.91. The van der Waals surface area contributed by atoms with Crippen LogP contribution in [0.25, 0.3) is 11.0 Å². The van der Waals surface area contributed by atoms with Crippen molar-refractivity contribution in [2.45, 2.75) is 44.7 Å².